The first-order valence-corrected chi connectivity index (χ1v) is 10.5. The Kier molecular flexibility index (Phi) is 3.85. The van der Waals surface area contributed by atoms with E-state index in [1.54, 1.807) is 6.20 Å². The molecule has 6 rings (SSSR count). The summed E-state index contributed by atoms with van der Waals surface area (Å²) in [5.74, 6) is 3.86. The van der Waals surface area contributed by atoms with Crippen molar-refractivity contribution < 1.29 is 4.74 Å². The van der Waals surface area contributed by atoms with Gasteiger partial charge in [-0.2, -0.15) is 10.2 Å². The van der Waals surface area contributed by atoms with Crippen LogP contribution in [0.5, 0.6) is 0 Å². The summed E-state index contributed by atoms with van der Waals surface area (Å²) in [5.41, 5.74) is 2.68. The van der Waals surface area contributed by atoms with Crippen molar-refractivity contribution in [3.63, 3.8) is 0 Å². The molecule has 2 N–H and O–H groups in total. The molecule has 0 bridgehead atoms. The van der Waals surface area contributed by atoms with E-state index in [0.717, 1.165) is 66.3 Å². The molecule has 1 saturated heterocycles. The maximum absolute atomic E-state index is 5.46. The van der Waals surface area contributed by atoms with Crippen LogP contribution in [-0.4, -0.2) is 43.2 Å². The van der Waals surface area contributed by atoms with Crippen molar-refractivity contribution in [1.29, 1.82) is 0 Å². The zero-order chi connectivity index (χ0) is 18.5. The Balaban J connectivity index is 1.29. The Bertz CT molecular complexity index is 978. The molecule has 2 unspecified atom stereocenters. The highest BCUT2D eigenvalue weighted by molar-refractivity contribution is 5.86. The molecule has 2 aliphatic carbocycles. The van der Waals surface area contributed by atoms with E-state index in [9.17, 15) is 0 Å². The fourth-order valence-corrected chi connectivity index (χ4v) is 5.16. The molecular formula is C20H25N7O. The van der Waals surface area contributed by atoms with Crippen LogP contribution in [0.4, 0.5) is 11.5 Å². The molecular weight excluding hydrogens is 354 g/mol. The van der Waals surface area contributed by atoms with E-state index in [2.05, 4.69) is 26.8 Å². The lowest BCUT2D eigenvalue weighted by atomic mass is 10.0. The van der Waals surface area contributed by atoms with Crippen LogP contribution in [0.2, 0.25) is 0 Å². The lowest BCUT2D eigenvalue weighted by Crippen LogP contribution is -2.19. The smallest absolute Gasteiger partial charge is 0.160 e. The lowest BCUT2D eigenvalue weighted by Gasteiger charge is -2.22. The zero-order valence-corrected chi connectivity index (χ0v) is 15.8. The van der Waals surface area contributed by atoms with Gasteiger partial charge in [0.2, 0.25) is 0 Å². The minimum absolute atomic E-state index is 0.409. The van der Waals surface area contributed by atoms with Gasteiger partial charge in [0.15, 0.2) is 5.82 Å². The van der Waals surface area contributed by atoms with Gasteiger partial charge in [-0.25, -0.2) is 9.97 Å². The van der Waals surface area contributed by atoms with Crippen LogP contribution in [0.3, 0.4) is 0 Å². The van der Waals surface area contributed by atoms with Gasteiger partial charge in [-0.3, -0.25) is 9.78 Å². The van der Waals surface area contributed by atoms with Crippen molar-refractivity contribution in [3.05, 3.63) is 24.4 Å². The van der Waals surface area contributed by atoms with Crippen molar-refractivity contribution in [2.45, 2.75) is 50.5 Å². The van der Waals surface area contributed by atoms with Crippen LogP contribution in [0.15, 0.2) is 18.6 Å². The third-order valence-electron chi connectivity index (χ3n) is 6.70. The van der Waals surface area contributed by atoms with E-state index < -0.39 is 0 Å². The van der Waals surface area contributed by atoms with E-state index in [4.69, 9.17) is 14.7 Å². The maximum atomic E-state index is 5.46. The molecule has 3 aromatic heterocycles. The quantitative estimate of drug-likeness (QED) is 0.720. The highest BCUT2D eigenvalue weighted by Crippen LogP contribution is 2.60. The summed E-state index contributed by atoms with van der Waals surface area (Å²) < 4.78 is 7.51. The molecule has 3 aliphatic rings. The molecule has 8 nitrogen and oxygen atoms in total. The number of aromatic nitrogens is 6. The van der Waals surface area contributed by atoms with Crippen LogP contribution < -0.4 is 5.32 Å². The Morgan fingerprint density at radius 3 is 2.68 bits per heavy atom. The fraction of sp³-hybridized carbons (Fsp3) is 0.600. The van der Waals surface area contributed by atoms with Gasteiger partial charge in [0.05, 0.1) is 24.1 Å². The number of H-pyrrole nitrogens is 1. The summed E-state index contributed by atoms with van der Waals surface area (Å²) in [6.45, 7) is 1.61. The maximum Gasteiger partial charge on any atom is 0.160 e. The lowest BCUT2D eigenvalue weighted by molar-refractivity contribution is 0.0662. The summed E-state index contributed by atoms with van der Waals surface area (Å²) >= 11 is 0. The Morgan fingerprint density at radius 2 is 1.86 bits per heavy atom. The van der Waals surface area contributed by atoms with Gasteiger partial charge in [0.1, 0.15) is 16.9 Å². The molecule has 8 heteroatoms. The summed E-state index contributed by atoms with van der Waals surface area (Å²) in [5, 5.41) is 15.3. The van der Waals surface area contributed by atoms with Crippen molar-refractivity contribution >= 4 is 22.5 Å². The third kappa shape index (κ3) is 2.78. The Morgan fingerprint density at radius 1 is 1.04 bits per heavy atom. The first-order valence-electron chi connectivity index (χ1n) is 10.5. The number of ether oxygens (including phenoxy) is 1. The Labute approximate surface area is 163 Å². The van der Waals surface area contributed by atoms with E-state index >= 15 is 0 Å². The molecule has 0 amide bonds. The second-order valence-corrected chi connectivity index (χ2v) is 8.38. The number of anilines is 2. The number of fused-ring (bicyclic) bond motifs is 2. The standard InChI is InChI=1S/C20H25N7O/c1-2-4-15-14(3-1)17(15)19-24-16-10-21-26-18(16)20(25-19)23-12-9-22-27(11-12)13-5-7-28-8-6-13/h9-11,13-15,17H,1-8H2,(H,21,26)(H,23,24,25). The predicted molar refractivity (Wildman–Crippen MR) is 104 cm³/mol. The van der Waals surface area contributed by atoms with Crippen molar-refractivity contribution in [1.82, 2.24) is 29.9 Å². The van der Waals surface area contributed by atoms with Crippen molar-refractivity contribution in [3.8, 4) is 0 Å². The van der Waals surface area contributed by atoms with Crippen LogP contribution in [0.25, 0.3) is 11.0 Å². The molecule has 28 heavy (non-hydrogen) atoms. The SMILES string of the molecule is c1nn(C2CCOCC2)cc1Nc1nc(C2C3CCCCC32)nc2cn[nH]c12. The molecule has 146 valence electrons. The number of nitrogens with zero attached hydrogens (tertiary/aromatic N) is 5. The van der Waals surface area contributed by atoms with Gasteiger partial charge in [-0.1, -0.05) is 12.8 Å². The number of hydrogen-bond acceptors (Lipinski definition) is 6. The van der Waals surface area contributed by atoms with E-state index in [1.807, 2.05) is 10.9 Å². The first-order chi connectivity index (χ1) is 13.9. The van der Waals surface area contributed by atoms with E-state index in [0.29, 0.717) is 12.0 Å². The molecule has 3 fully saturated rings. The second kappa shape index (κ2) is 6.55. The summed E-state index contributed by atoms with van der Waals surface area (Å²) in [4.78, 5) is 9.75. The van der Waals surface area contributed by atoms with Gasteiger partial charge in [0.25, 0.3) is 0 Å². The third-order valence-corrected chi connectivity index (χ3v) is 6.70. The molecule has 2 atom stereocenters. The van der Waals surface area contributed by atoms with Crippen LogP contribution in [-0.2, 0) is 4.74 Å². The second-order valence-electron chi connectivity index (χ2n) is 8.38. The highest BCUT2D eigenvalue weighted by atomic mass is 16.5. The largest absolute Gasteiger partial charge is 0.381 e. The molecule has 0 aromatic carbocycles. The zero-order valence-electron chi connectivity index (χ0n) is 15.8. The minimum Gasteiger partial charge on any atom is -0.381 e. The monoisotopic (exact) mass is 379 g/mol. The van der Waals surface area contributed by atoms with Crippen molar-refractivity contribution in [2.75, 3.05) is 18.5 Å². The van der Waals surface area contributed by atoms with E-state index in [-0.39, 0.29) is 0 Å². The summed E-state index contributed by atoms with van der Waals surface area (Å²) in [7, 11) is 0. The molecule has 3 aromatic rings. The number of nitrogens with one attached hydrogen (secondary N) is 2. The number of aromatic amines is 1. The van der Waals surface area contributed by atoms with Gasteiger partial charge < -0.3 is 10.1 Å². The number of hydrogen-bond donors (Lipinski definition) is 2. The average Bonchev–Trinajstić information content (AvgIpc) is 3.05. The van der Waals surface area contributed by atoms with Crippen LogP contribution >= 0.6 is 0 Å². The summed E-state index contributed by atoms with van der Waals surface area (Å²) in [6, 6.07) is 0.409. The number of rotatable bonds is 4. The topological polar surface area (TPSA) is 93.5 Å². The molecule has 1 aliphatic heterocycles. The van der Waals surface area contributed by atoms with Gasteiger partial charge in [-0.05, 0) is 37.5 Å². The van der Waals surface area contributed by atoms with Gasteiger partial charge in [0, 0.05) is 25.3 Å². The predicted octanol–water partition coefficient (Wildman–Crippen LogP) is 3.55. The summed E-state index contributed by atoms with van der Waals surface area (Å²) in [6.07, 6.45) is 13.1. The normalized spacial score (nSPS) is 27.6. The first kappa shape index (κ1) is 16.5. The van der Waals surface area contributed by atoms with Crippen LogP contribution in [0, 0.1) is 11.8 Å². The van der Waals surface area contributed by atoms with E-state index in [1.165, 1.54) is 25.7 Å². The van der Waals surface area contributed by atoms with Crippen LogP contribution in [0.1, 0.15) is 56.3 Å². The molecule has 4 heterocycles. The minimum atomic E-state index is 0.409. The average molecular weight is 379 g/mol. The van der Waals surface area contributed by atoms with Gasteiger partial charge >= 0.3 is 0 Å². The highest BCUT2D eigenvalue weighted by Gasteiger charge is 2.53. The molecule has 0 radical (unpaired) electrons. The molecule has 0 spiro atoms. The van der Waals surface area contributed by atoms with Gasteiger partial charge in [-0.15, -0.1) is 0 Å². The molecule has 2 saturated carbocycles. The van der Waals surface area contributed by atoms with Crippen molar-refractivity contribution in [2.24, 2.45) is 11.8 Å². The fourth-order valence-electron chi connectivity index (χ4n) is 5.16. The Hall–Kier alpha value is -2.48.